The molecule has 0 aromatic heterocycles. The maximum atomic E-state index is 11.8. The molecule has 9 nitrogen and oxygen atoms in total. The SMILES string of the molecule is COC(=O)[C@H](C)NC(=O)[C@@H](CCC(N)=O)NC(N)=O. The largest absolute Gasteiger partial charge is 0.467 e. The number of carbonyl (C=O) groups excluding carboxylic acids is 4. The van der Waals surface area contributed by atoms with Crippen LogP contribution in [0.25, 0.3) is 0 Å². The molecule has 9 heteroatoms. The number of nitrogens with one attached hydrogen (secondary N) is 2. The number of primary amides is 2. The smallest absolute Gasteiger partial charge is 0.328 e. The van der Waals surface area contributed by atoms with E-state index in [4.69, 9.17) is 11.5 Å². The van der Waals surface area contributed by atoms with E-state index >= 15 is 0 Å². The van der Waals surface area contributed by atoms with Gasteiger partial charge < -0.3 is 26.8 Å². The second-order valence-corrected chi connectivity index (χ2v) is 3.82. The molecule has 0 bridgehead atoms. The van der Waals surface area contributed by atoms with Gasteiger partial charge in [0.25, 0.3) is 0 Å². The van der Waals surface area contributed by atoms with E-state index in [1.54, 1.807) is 0 Å². The zero-order valence-corrected chi connectivity index (χ0v) is 10.8. The average molecular weight is 274 g/mol. The molecule has 0 aliphatic rings. The minimum absolute atomic E-state index is 0.0159. The molecule has 0 aliphatic carbocycles. The first-order valence-corrected chi connectivity index (χ1v) is 5.50. The quantitative estimate of drug-likeness (QED) is 0.394. The van der Waals surface area contributed by atoms with Crippen molar-refractivity contribution in [1.82, 2.24) is 10.6 Å². The monoisotopic (exact) mass is 274 g/mol. The summed E-state index contributed by atoms with van der Waals surface area (Å²) in [6.45, 7) is 1.42. The number of hydrogen-bond donors (Lipinski definition) is 4. The lowest BCUT2D eigenvalue weighted by Gasteiger charge is -2.19. The summed E-state index contributed by atoms with van der Waals surface area (Å²) in [5.41, 5.74) is 9.87. The molecule has 0 spiro atoms. The highest BCUT2D eigenvalue weighted by molar-refractivity contribution is 5.90. The van der Waals surface area contributed by atoms with Crippen LogP contribution in [0.3, 0.4) is 0 Å². The van der Waals surface area contributed by atoms with Gasteiger partial charge in [0, 0.05) is 6.42 Å². The van der Waals surface area contributed by atoms with Gasteiger partial charge in [0.15, 0.2) is 0 Å². The fraction of sp³-hybridized carbons (Fsp3) is 0.600. The molecular weight excluding hydrogens is 256 g/mol. The highest BCUT2D eigenvalue weighted by atomic mass is 16.5. The van der Waals surface area contributed by atoms with Gasteiger partial charge >= 0.3 is 12.0 Å². The van der Waals surface area contributed by atoms with Crippen LogP contribution in [-0.4, -0.2) is 43.0 Å². The Balaban J connectivity index is 4.56. The van der Waals surface area contributed by atoms with E-state index in [9.17, 15) is 19.2 Å². The van der Waals surface area contributed by atoms with E-state index in [1.807, 2.05) is 0 Å². The Morgan fingerprint density at radius 3 is 2.16 bits per heavy atom. The molecule has 0 rings (SSSR count). The lowest BCUT2D eigenvalue weighted by Crippen LogP contribution is -2.52. The van der Waals surface area contributed by atoms with E-state index in [1.165, 1.54) is 14.0 Å². The lowest BCUT2D eigenvalue weighted by molar-refractivity contribution is -0.144. The third-order valence-electron chi connectivity index (χ3n) is 2.23. The van der Waals surface area contributed by atoms with Crippen LogP contribution in [-0.2, 0) is 19.1 Å². The standard InChI is InChI=1S/C10H18N4O5/c1-5(9(17)19-2)13-8(16)6(14-10(12)18)3-4-7(11)15/h5-6H,3-4H2,1-2H3,(H2,11,15)(H,13,16)(H3,12,14,18)/t5-,6+/m0/s1. The summed E-state index contributed by atoms with van der Waals surface area (Å²) in [5, 5.41) is 4.49. The van der Waals surface area contributed by atoms with Crippen LogP contribution in [0.1, 0.15) is 19.8 Å². The Kier molecular flexibility index (Phi) is 6.94. The number of rotatable bonds is 7. The number of esters is 1. The first-order chi connectivity index (χ1) is 8.77. The first kappa shape index (κ1) is 16.7. The van der Waals surface area contributed by atoms with Crippen LogP contribution in [0.15, 0.2) is 0 Å². The molecule has 0 heterocycles. The predicted octanol–water partition coefficient (Wildman–Crippen LogP) is -2.03. The Morgan fingerprint density at radius 2 is 1.74 bits per heavy atom. The molecule has 0 fully saturated rings. The normalized spacial score (nSPS) is 12.9. The molecule has 0 saturated heterocycles. The van der Waals surface area contributed by atoms with Crippen molar-refractivity contribution in [2.75, 3.05) is 7.11 Å². The van der Waals surface area contributed by atoms with Crippen LogP contribution in [0.4, 0.5) is 4.79 Å². The van der Waals surface area contributed by atoms with Crippen molar-refractivity contribution in [2.24, 2.45) is 11.5 Å². The Bertz CT molecular complexity index is 371. The molecule has 0 aromatic rings. The summed E-state index contributed by atoms with van der Waals surface area (Å²) < 4.78 is 4.43. The van der Waals surface area contributed by atoms with Gasteiger partial charge in [-0.25, -0.2) is 9.59 Å². The summed E-state index contributed by atoms with van der Waals surface area (Å²) >= 11 is 0. The number of ether oxygens (including phenoxy) is 1. The summed E-state index contributed by atoms with van der Waals surface area (Å²) in [6, 6.07) is -2.85. The maximum Gasteiger partial charge on any atom is 0.328 e. The summed E-state index contributed by atoms with van der Waals surface area (Å²) in [4.78, 5) is 44.3. The highest BCUT2D eigenvalue weighted by Crippen LogP contribution is 1.99. The van der Waals surface area contributed by atoms with Crippen LogP contribution in [0.5, 0.6) is 0 Å². The van der Waals surface area contributed by atoms with Crippen molar-refractivity contribution in [3.05, 3.63) is 0 Å². The number of urea groups is 1. The van der Waals surface area contributed by atoms with Crippen molar-refractivity contribution in [1.29, 1.82) is 0 Å². The molecule has 6 N–H and O–H groups in total. The molecular formula is C10H18N4O5. The van der Waals surface area contributed by atoms with E-state index in [0.29, 0.717) is 0 Å². The van der Waals surface area contributed by atoms with Gasteiger partial charge in [0.2, 0.25) is 11.8 Å². The second kappa shape index (κ2) is 7.90. The number of methoxy groups -OCH3 is 1. The molecule has 4 amide bonds. The van der Waals surface area contributed by atoms with Gasteiger partial charge in [-0.1, -0.05) is 0 Å². The van der Waals surface area contributed by atoms with E-state index in [0.717, 1.165) is 0 Å². The van der Waals surface area contributed by atoms with Gasteiger partial charge in [0.05, 0.1) is 7.11 Å². The highest BCUT2D eigenvalue weighted by Gasteiger charge is 2.24. The topological polar surface area (TPSA) is 154 Å². The third kappa shape index (κ3) is 6.86. The Morgan fingerprint density at radius 1 is 1.16 bits per heavy atom. The van der Waals surface area contributed by atoms with Crippen molar-refractivity contribution >= 4 is 23.8 Å². The van der Waals surface area contributed by atoms with Crippen molar-refractivity contribution in [3.63, 3.8) is 0 Å². The summed E-state index contributed by atoms with van der Waals surface area (Å²) in [5.74, 6) is -1.91. The number of hydrogen-bond acceptors (Lipinski definition) is 5. The molecule has 0 radical (unpaired) electrons. The fourth-order valence-electron chi connectivity index (χ4n) is 1.28. The van der Waals surface area contributed by atoms with Gasteiger partial charge in [-0.05, 0) is 13.3 Å². The van der Waals surface area contributed by atoms with Crippen molar-refractivity contribution in [2.45, 2.75) is 31.8 Å². The van der Waals surface area contributed by atoms with E-state index in [-0.39, 0.29) is 12.8 Å². The molecule has 0 unspecified atom stereocenters. The number of nitrogens with two attached hydrogens (primary N) is 2. The first-order valence-electron chi connectivity index (χ1n) is 5.50. The Labute approximate surface area is 110 Å². The van der Waals surface area contributed by atoms with Crippen LogP contribution >= 0.6 is 0 Å². The molecule has 19 heavy (non-hydrogen) atoms. The van der Waals surface area contributed by atoms with Gasteiger partial charge in [0.1, 0.15) is 12.1 Å². The third-order valence-corrected chi connectivity index (χ3v) is 2.23. The molecule has 108 valence electrons. The summed E-state index contributed by atoms with van der Waals surface area (Å²) in [7, 11) is 1.18. The number of amides is 4. The molecule has 0 aromatic carbocycles. The molecule has 0 aliphatic heterocycles. The fourth-order valence-corrected chi connectivity index (χ4v) is 1.28. The van der Waals surface area contributed by atoms with E-state index < -0.39 is 35.9 Å². The minimum Gasteiger partial charge on any atom is -0.467 e. The van der Waals surface area contributed by atoms with Gasteiger partial charge in [-0.3, -0.25) is 9.59 Å². The maximum absolute atomic E-state index is 11.8. The van der Waals surface area contributed by atoms with Crippen molar-refractivity contribution < 1.29 is 23.9 Å². The number of carbonyl (C=O) groups is 4. The average Bonchev–Trinajstić information content (AvgIpc) is 2.32. The second-order valence-electron chi connectivity index (χ2n) is 3.82. The summed E-state index contributed by atoms with van der Waals surface area (Å²) in [6.07, 6.45) is -0.122. The van der Waals surface area contributed by atoms with Crippen LogP contribution in [0.2, 0.25) is 0 Å². The lowest BCUT2D eigenvalue weighted by atomic mass is 10.1. The van der Waals surface area contributed by atoms with Gasteiger partial charge in [-0.2, -0.15) is 0 Å². The Hall–Kier alpha value is -2.32. The zero-order valence-electron chi connectivity index (χ0n) is 10.8. The predicted molar refractivity (Wildman–Crippen MR) is 64.6 cm³/mol. The molecule has 2 atom stereocenters. The molecule has 0 saturated carbocycles. The van der Waals surface area contributed by atoms with Gasteiger partial charge in [-0.15, -0.1) is 0 Å². The minimum atomic E-state index is -1.04. The van der Waals surface area contributed by atoms with Crippen molar-refractivity contribution in [3.8, 4) is 0 Å². The van der Waals surface area contributed by atoms with Crippen LogP contribution in [0, 0.1) is 0 Å². The van der Waals surface area contributed by atoms with E-state index in [2.05, 4.69) is 15.4 Å². The zero-order chi connectivity index (χ0) is 15.0. The van der Waals surface area contributed by atoms with Crippen LogP contribution < -0.4 is 22.1 Å².